The largest absolute Gasteiger partial charge is 0.494 e. The summed E-state index contributed by atoms with van der Waals surface area (Å²) in [6.07, 6.45) is -4.01. The number of rotatable bonds is 8. The molecular weight excluding hydrogens is 444 g/mol. The van der Waals surface area contributed by atoms with E-state index in [1.165, 1.54) is 36.4 Å². The highest BCUT2D eigenvalue weighted by Gasteiger charge is 2.47. The van der Waals surface area contributed by atoms with Gasteiger partial charge < -0.3 is 14.8 Å². The van der Waals surface area contributed by atoms with Gasteiger partial charge in [-0.15, -0.1) is 0 Å². The molecule has 2 aromatic rings. The van der Waals surface area contributed by atoms with E-state index in [0.29, 0.717) is 30.3 Å². The van der Waals surface area contributed by atoms with Gasteiger partial charge in [-0.3, -0.25) is 14.5 Å². The van der Waals surface area contributed by atoms with E-state index in [0.717, 1.165) is 18.6 Å². The molecule has 1 saturated heterocycles. The highest BCUT2D eigenvalue weighted by molar-refractivity contribution is 6.03. The van der Waals surface area contributed by atoms with Gasteiger partial charge in [0.2, 0.25) is 5.91 Å². The SMILES string of the molecule is CCOc1ccc(N(C(=O)C(F)(F)F)[C@@H](C(=O)NC[C@H]2CCCO2)c2ccc(F)cc2)cc1. The summed E-state index contributed by atoms with van der Waals surface area (Å²) in [6, 6.07) is 8.03. The number of ether oxygens (including phenoxy) is 2. The molecular formula is C23H24F4N2O4. The summed E-state index contributed by atoms with van der Waals surface area (Å²) >= 11 is 0. The van der Waals surface area contributed by atoms with Crippen LogP contribution in [0.15, 0.2) is 48.5 Å². The summed E-state index contributed by atoms with van der Waals surface area (Å²) in [5.74, 6) is -3.31. The quantitative estimate of drug-likeness (QED) is 0.591. The van der Waals surface area contributed by atoms with Gasteiger partial charge in [-0.2, -0.15) is 13.2 Å². The fraction of sp³-hybridized carbons (Fsp3) is 0.391. The number of halogens is 4. The fourth-order valence-electron chi connectivity index (χ4n) is 3.57. The van der Waals surface area contributed by atoms with Crippen LogP contribution in [0.2, 0.25) is 0 Å². The van der Waals surface area contributed by atoms with E-state index >= 15 is 0 Å². The standard InChI is InChI=1S/C23H24F4N2O4/c1-2-32-18-11-9-17(10-12-18)29(22(31)23(25,26)27)20(15-5-7-16(24)8-6-15)21(30)28-14-19-4-3-13-33-19/h5-12,19-20H,2-4,13-14H2,1H3,(H,28,30)/t19-,20-/m1/s1. The Morgan fingerprint density at radius 3 is 2.36 bits per heavy atom. The summed E-state index contributed by atoms with van der Waals surface area (Å²) < 4.78 is 65.0. The Morgan fingerprint density at radius 2 is 1.82 bits per heavy atom. The van der Waals surface area contributed by atoms with Gasteiger partial charge in [-0.05, 0) is 61.7 Å². The van der Waals surface area contributed by atoms with E-state index in [1.807, 2.05) is 0 Å². The van der Waals surface area contributed by atoms with Crippen molar-refractivity contribution in [2.24, 2.45) is 0 Å². The van der Waals surface area contributed by atoms with Crippen LogP contribution in [-0.2, 0) is 14.3 Å². The molecule has 10 heteroatoms. The maximum absolute atomic E-state index is 13.6. The number of nitrogens with zero attached hydrogens (tertiary/aromatic N) is 1. The number of anilines is 1. The minimum atomic E-state index is -5.26. The zero-order chi connectivity index (χ0) is 24.0. The van der Waals surface area contributed by atoms with Gasteiger partial charge in [-0.25, -0.2) is 4.39 Å². The lowest BCUT2D eigenvalue weighted by Crippen LogP contribution is -2.49. The van der Waals surface area contributed by atoms with Crippen molar-refractivity contribution in [3.05, 3.63) is 59.9 Å². The lowest BCUT2D eigenvalue weighted by atomic mass is 10.0. The van der Waals surface area contributed by atoms with E-state index in [2.05, 4.69) is 5.32 Å². The maximum atomic E-state index is 13.6. The molecule has 1 fully saturated rings. The molecule has 2 atom stereocenters. The number of nitrogens with one attached hydrogen (secondary N) is 1. The third-order valence-electron chi connectivity index (χ3n) is 5.11. The lowest BCUT2D eigenvalue weighted by Gasteiger charge is -2.32. The average molecular weight is 468 g/mol. The van der Waals surface area contributed by atoms with Gasteiger partial charge in [0.25, 0.3) is 0 Å². The van der Waals surface area contributed by atoms with Gasteiger partial charge in [-0.1, -0.05) is 12.1 Å². The first-order valence-corrected chi connectivity index (χ1v) is 10.5. The molecule has 1 heterocycles. The molecule has 1 aliphatic heterocycles. The smallest absolute Gasteiger partial charge is 0.471 e. The maximum Gasteiger partial charge on any atom is 0.471 e. The van der Waals surface area contributed by atoms with Crippen molar-refractivity contribution in [3.63, 3.8) is 0 Å². The van der Waals surface area contributed by atoms with Crippen LogP contribution >= 0.6 is 0 Å². The molecule has 0 aliphatic carbocycles. The van der Waals surface area contributed by atoms with E-state index in [4.69, 9.17) is 9.47 Å². The predicted molar refractivity (Wildman–Crippen MR) is 112 cm³/mol. The molecule has 0 aromatic heterocycles. The second-order valence-electron chi connectivity index (χ2n) is 7.43. The average Bonchev–Trinajstić information content (AvgIpc) is 3.30. The molecule has 0 radical (unpaired) electrons. The Bertz CT molecular complexity index is 942. The normalized spacial score (nSPS) is 16.8. The Balaban J connectivity index is 2.02. The lowest BCUT2D eigenvalue weighted by molar-refractivity contribution is -0.171. The summed E-state index contributed by atoms with van der Waals surface area (Å²) in [4.78, 5) is 26.0. The molecule has 0 saturated carbocycles. The second kappa shape index (κ2) is 10.7. The van der Waals surface area contributed by atoms with Crippen molar-refractivity contribution < 1.29 is 36.6 Å². The number of hydrogen-bond donors (Lipinski definition) is 1. The zero-order valence-corrected chi connectivity index (χ0v) is 17.9. The van der Waals surface area contributed by atoms with E-state index < -0.39 is 29.8 Å². The van der Waals surface area contributed by atoms with Gasteiger partial charge >= 0.3 is 12.1 Å². The van der Waals surface area contributed by atoms with Crippen molar-refractivity contribution in [2.75, 3.05) is 24.7 Å². The van der Waals surface area contributed by atoms with E-state index in [9.17, 15) is 27.2 Å². The molecule has 178 valence electrons. The molecule has 33 heavy (non-hydrogen) atoms. The summed E-state index contributed by atoms with van der Waals surface area (Å²) in [6.45, 7) is 2.70. The van der Waals surface area contributed by atoms with Crippen LogP contribution in [0.1, 0.15) is 31.4 Å². The van der Waals surface area contributed by atoms with E-state index in [-0.39, 0.29) is 23.9 Å². The Morgan fingerprint density at radius 1 is 1.15 bits per heavy atom. The third-order valence-corrected chi connectivity index (χ3v) is 5.11. The zero-order valence-electron chi connectivity index (χ0n) is 17.9. The first-order chi connectivity index (χ1) is 15.7. The van der Waals surface area contributed by atoms with Crippen LogP contribution in [0, 0.1) is 5.82 Å². The van der Waals surface area contributed by atoms with Crippen LogP contribution in [0.4, 0.5) is 23.2 Å². The number of carbonyl (C=O) groups excluding carboxylic acids is 2. The van der Waals surface area contributed by atoms with Gasteiger partial charge in [0.1, 0.15) is 17.6 Å². The second-order valence-corrected chi connectivity index (χ2v) is 7.43. The van der Waals surface area contributed by atoms with Crippen LogP contribution in [0.3, 0.4) is 0 Å². The molecule has 0 spiro atoms. The molecule has 1 N–H and O–H groups in total. The van der Waals surface area contributed by atoms with Crippen LogP contribution in [-0.4, -0.2) is 43.9 Å². The van der Waals surface area contributed by atoms with Crippen molar-refractivity contribution >= 4 is 17.5 Å². The van der Waals surface area contributed by atoms with Crippen molar-refractivity contribution in [2.45, 2.75) is 38.1 Å². The van der Waals surface area contributed by atoms with Gasteiger partial charge in [0, 0.05) is 18.8 Å². The van der Waals surface area contributed by atoms with E-state index in [1.54, 1.807) is 6.92 Å². The first-order valence-electron chi connectivity index (χ1n) is 10.5. The molecule has 6 nitrogen and oxygen atoms in total. The third kappa shape index (κ3) is 6.22. The highest BCUT2D eigenvalue weighted by atomic mass is 19.4. The fourth-order valence-corrected chi connectivity index (χ4v) is 3.57. The minimum absolute atomic E-state index is 0.0210. The van der Waals surface area contributed by atoms with Crippen LogP contribution in [0.25, 0.3) is 0 Å². The van der Waals surface area contributed by atoms with Crippen LogP contribution in [0.5, 0.6) is 5.75 Å². The molecule has 3 rings (SSSR count). The highest BCUT2D eigenvalue weighted by Crippen LogP contribution is 2.34. The van der Waals surface area contributed by atoms with Crippen molar-refractivity contribution in [1.82, 2.24) is 5.32 Å². The van der Waals surface area contributed by atoms with Gasteiger partial charge in [0.05, 0.1) is 12.7 Å². The summed E-state index contributed by atoms with van der Waals surface area (Å²) in [5, 5.41) is 2.58. The Kier molecular flexibility index (Phi) is 7.91. The predicted octanol–water partition coefficient (Wildman–Crippen LogP) is 4.16. The first kappa shape index (κ1) is 24.5. The molecule has 0 unspecified atom stereocenters. The van der Waals surface area contributed by atoms with Crippen molar-refractivity contribution in [1.29, 1.82) is 0 Å². The number of alkyl halides is 3. The summed E-state index contributed by atoms with van der Waals surface area (Å²) in [5.41, 5.74) is -0.143. The Hall–Kier alpha value is -3.14. The number of amides is 2. The van der Waals surface area contributed by atoms with Crippen molar-refractivity contribution in [3.8, 4) is 5.75 Å². The number of hydrogen-bond acceptors (Lipinski definition) is 4. The number of benzene rings is 2. The van der Waals surface area contributed by atoms with Gasteiger partial charge in [0.15, 0.2) is 0 Å². The molecule has 2 amide bonds. The van der Waals surface area contributed by atoms with Crippen LogP contribution < -0.4 is 15.0 Å². The minimum Gasteiger partial charge on any atom is -0.494 e. The monoisotopic (exact) mass is 468 g/mol. The molecule has 2 aromatic carbocycles. The number of carbonyl (C=O) groups is 2. The Labute approximate surface area is 188 Å². The topological polar surface area (TPSA) is 67.9 Å². The summed E-state index contributed by atoms with van der Waals surface area (Å²) in [7, 11) is 0. The molecule has 0 bridgehead atoms. The molecule has 1 aliphatic rings.